The minimum absolute atomic E-state index is 0.00908. The SMILES string of the molecule is CCCCC/C=C\C\C=C/C=C/C=C/[C@@H](SC[C@H](NC(=O)CC[C@H](NC(=O)c1ccc(N=[N+]=[N-])cc1O)C(=O)O)C(=O)NCC(=O)O)[C@@H](O)CCCC(=O)O. The fraction of sp³-hybridized carbons (Fsp3) is 0.459. The molecule has 0 aliphatic rings. The van der Waals surface area contributed by atoms with Gasteiger partial charge in [-0.15, -0.1) is 11.8 Å². The number of carboxylic acids is 3. The highest BCUT2D eigenvalue weighted by Gasteiger charge is 2.27. The number of unbranched alkanes of at least 4 members (excludes halogenated alkanes) is 3. The van der Waals surface area contributed by atoms with Crippen LogP contribution < -0.4 is 16.0 Å². The van der Waals surface area contributed by atoms with Crippen LogP contribution in [-0.4, -0.2) is 96.9 Å². The lowest BCUT2D eigenvalue weighted by Gasteiger charge is -2.23. The Morgan fingerprint density at radius 1 is 0.891 bits per heavy atom. The third kappa shape index (κ3) is 21.7. The highest BCUT2D eigenvalue weighted by Crippen LogP contribution is 2.25. The molecule has 0 aliphatic carbocycles. The lowest BCUT2D eigenvalue weighted by atomic mass is 10.1. The third-order valence-corrected chi connectivity index (χ3v) is 9.01. The number of hydrogen-bond donors (Lipinski definition) is 8. The Morgan fingerprint density at radius 2 is 1.64 bits per heavy atom. The monoisotopic (exact) mass is 786 g/mol. The number of nitrogens with zero attached hydrogens (tertiary/aromatic N) is 3. The van der Waals surface area contributed by atoms with Crippen LogP contribution in [-0.2, 0) is 24.0 Å². The molecule has 1 rings (SSSR count). The number of aliphatic hydroxyl groups excluding tert-OH is 1. The largest absolute Gasteiger partial charge is 0.507 e. The molecule has 17 nitrogen and oxygen atoms in total. The Bertz CT molecular complexity index is 1610. The first-order valence-corrected chi connectivity index (χ1v) is 18.7. The molecule has 0 unspecified atom stereocenters. The average Bonchev–Trinajstić information content (AvgIpc) is 3.13. The molecule has 55 heavy (non-hydrogen) atoms. The van der Waals surface area contributed by atoms with Gasteiger partial charge in [0.25, 0.3) is 5.91 Å². The van der Waals surface area contributed by atoms with Crippen LogP contribution in [0.3, 0.4) is 0 Å². The lowest BCUT2D eigenvalue weighted by molar-refractivity contribution is -0.140. The molecule has 1 aromatic carbocycles. The summed E-state index contributed by atoms with van der Waals surface area (Å²) < 4.78 is 0. The maximum Gasteiger partial charge on any atom is 0.326 e. The molecule has 0 saturated carbocycles. The first-order valence-electron chi connectivity index (χ1n) is 17.7. The first-order chi connectivity index (χ1) is 26.3. The summed E-state index contributed by atoms with van der Waals surface area (Å²) in [7, 11) is 0. The zero-order valence-electron chi connectivity index (χ0n) is 30.6. The normalized spacial score (nSPS) is 13.6. The Hall–Kier alpha value is -5.58. The van der Waals surface area contributed by atoms with E-state index in [1.807, 2.05) is 12.2 Å². The van der Waals surface area contributed by atoms with Crippen LogP contribution >= 0.6 is 11.8 Å². The van der Waals surface area contributed by atoms with Crippen molar-refractivity contribution in [2.45, 2.75) is 94.6 Å². The summed E-state index contributed by atoms with van der Waals surface area (Å²) in [5.74, 6) is -7.28. The molecule has 0 fully saturated rings. The topological polar surface area (TPSA) is 288 Å². The predicted octanol–water partition coefficient (Wildman–Crippen LogP) is 4.90. The van der Waals surface area contributed by atoms with Crippen LogP contribution in [0.25, 0.3) is 10.4 Å². The number of carbonyl (C=O) groups is 6. The van der Waals surface area contributed by atoms with Gasteiger partial charge in [0, 0.05) is 34.4 Å². The van der Waals surface area contributed by atoms with Gasteiger partial charge < -0.3 is 41.5 Å². The number of aromatic hydroxyl groups is 1. The van der Waals surface area contributed by atoms with Crippen molar-refractivity contribution in [2.75, 3.05) is 12.3 Å². The van der Waals surface area contributed by atoms with E-state index in [1.54, 1.807) is 24.3 Å². The van der Waals surface area contributed by atoms with Crippen molar-refractivity contribution in [2.24, 2.45) is 5.11 Å². The number of phenols is 1. The molecule has 0 bridgehead atoms. The van der Waals surface area contributed by atoms with Gasteiger partial charge in [0.2, 0.25) is 11.8 Å². The van der Waals surface area contributed by atoms with Crippen LogP contribution in [0.1, 0.15) is 81.5 Å². The van der Waals surface area contributed by atoms with Crippen molar-refractivity contribution >= 4 is 53.1 Å². The minimum atomic E-state index is -1.60. The summed E-state index contributed by atoms with van der Waals surface area (Å²) in [6.07, 6.45) is 18.4. The molecule has 0 saturated heterocycles. The van der Waals surface area contributed by atoms with Crippen molar-refractivity contribution in [3.05, 3.63) is 82.8 Å². The summed E-state index contributed by atoms with van der Waals surface area (Å²) in [4.78, 5) is 75.2. The number of aliphatic carboxylic acids is 3. The predicted molar refractivity (Wildman–Crippen MR) is 207 cm³/mol. The summed E-state index contributed by atoms with van der Waals surface area (Å²) in [6, 6.07) is 0.412. The van der Waals surface area contributed by atoms with Gasteiger partial charge in [-0.05, 0) is 56.2 Å². The van der Waals surface area contributed by atoms with Crippen molar-refractivity contribution in [1.29, 1.82) is 0 Å². The van der Waals surface area contributed by atoms with Crippen molar-refractivity contribution in [3.63, 3.8) is 0 Å². The molecule has 4 atom stereocenters. The van der Waals surface area contributed by atoms with E-state index in [9.17, 15) is 44.1 Å². The standard InChI is InChI=1S/C37H50N6O11S/c1-2-3-4-5-6-7-8-9-10-11-12-13-16-31(29(44)15-14-17-33(47)48)55-24-28(36(52)39-23-34(49)50)40-32(46)21-20-27(37(53)54)41-35(51)26-19-18-25(42-43-38)22-30(26)45/h6-7,9-13,16,18-19,22,27-29,31,44-45H,2-5,8,14-15,17,20-21,23-24H2,1H3,(H,39,52)(H,40,46)(H,41,51)(H,47,48)(H,49,50)(H,53,54)/b7-6-,10-9-,12-11+,16-13+/t27-,28-,29-,31+/m0/s1. The van der Waals surface area contributed by atoms with Crippen LogP contribution in [0.5, 0.6) is 5.75 Å². The van der Waals surface area contributed by atoms with Gasteiger partial charge in [-0.2, -0.15) is 0 Å². The molecular weight excluding hydrogens is 737 g/mol. The maximum absolute atomic E-state index is 13.0. The number of phenolic OH excluding ortho intramolecular Hbond substituents is 1. The number of carbonyl (C=O) groups excluding carboxylic acids is 3. The lowest BCUT2D eigenvalue weighted by Crippen LogP contribution is -2.50. The molecule has 0 heterocycles. The Kier molecular flexibility index (Phi) is 24.1. The van der Waals surface area contributed by atoms with Gasteiger partial charge in [0.05, 0.1) is 11.7 Å². The molecule has 0 spiro atoms. The number of thioether (sulfide) groups is 1. The molecule has 300 valence electrons. The van der Waals surface area contributed by atoms with Crippen LogP contribution in [0.2, 0.25) is 0 Å². The van der Waals surface area contributed by atoms with Gasteiger partial charge in [-0.3, -0.25) is 24.0 Å². The summed E-state index contributed by atoms with van der Waals surface area (Å²) >= 11 is 1.06. The number of rotatable bonds is 28. The summed E-state index contributed by atoms with van der Waals surface area (Å²) in [5, 5.41) is 58.2. The van der Waals surface area contributed by atoms with Gasteiger partial charge in [-0.25, -0.2) is 4.79 Å². The maximum atomic E-state index is 13.0. The smallest absolute Gasteiger partial charge is 0.326 e. The highest BCUT2D eigenvalue weighted by molar-refractivity contribution is 8.00. The quantitative estimate of drug-likeness (QED) is 0.0141. The van der Waals surface area contributed by atoms with Crippen molar-refractivity contribution in [1.82, 2.24) is 16.0 Å². The number of aliphatic hydroxyl groups is 1. The Labute approximate surface area is 323 Å². The number of amides is 3. The van der Waals surface area contributed by atoms with E-state index < -0.39 is 84.2 Å². The molecule has 3 amide bonds. The first kappa shape index (κ1) is 47.4. The summed E-state index contributed by atoms with van der Waals surface area (Å²) in [6.45, 7) is 1.40. The second-order valence-electron chi connectivity index (χ2n) is 12.1. The van der Waals surface area contributed by atoms with Gasteiger partial charge in [-0.1, -0.05) is 79.6 Å². The second kappa shape index (κ2) is 27.9. The number of hydrogen-bond acceptors (Lipinski definition) is 10. The van der Waals surface area contributed by atoms with Gasteiger partial charge >= 0.3 is 17.9 Å². The van der Waals surface area contributed by atoms with E-state index in [2.05, 4.69) is 45.1 Å². The Balaban J connectivity index is 3.02. The average molecular weight is 787 g/mol. The van der Waals surface area contributed by atoms with E-state index in [1.165, 1.54) is 18.9 Å². The molecule has 0 radical (unpaired) electrons. The fourth-order valence-corrected chi connectivity index (χ4v) is 5.93. The number of allylic oxidation sites excluding steroid dienone is 7. The van der Waals surface area contributed by atoms with Crippen LogP contribution in [0.4, 0.5) is 5.69 Å². The number of benzene rings is 1. The zero-order valence-corrected chi connectivity index (χ0v) is 31.4. The Morgan fingerprint density at radius 3 is 2.29 bits per heavy atom. The molecule has 8 N–H and O–H groups in total. The van der Waals surface area contributed by atoms with E-state index in [0.29, 0.717) is 0 Å². The van der Waals surface area contributed by atoms with E-state index in [4.69, 9.17) is 15.7 Å². The van der Waals surface area contributed by atoms with Crippen LogP contribution in [0.15, 0.2) is 71.9 Å². The number of nitrogens with one attached hydrogen (secondary N) is 3. The molecule has 0 aromatic heterocycles. The van der Waals surface area contributed by atoms with Gasteiger partial charge in [0.1, 0.15) is 24.4 Å². The second-order valence-corrected chi connectivity index (χ2v) is 13.3. The van der Waals surface area contributed by atoms with Crippen LogP contribution in [0, 0.1) is 0 Å². The fourth-order valence-electron chi connectivity index (χ4n) is 4.72. The highest BCUT2D eigenvalue weighted by atomic mass is 32.2. The molecule has 1 aromatic rings. The zero-order chi connectivity index (χ0) is 41.0. The molecule has 18 heteroatoms. The number of azide groups is 1. The minimum Gasteiger partial charge on any atom is -0.507 e. The van der Waals surface area contributed by atoms with Gasteiger partial charge in [0.15, 0.2) is 0 Å². The summed E-state index contributed by atoms with van der Waals surface area (Å²) in [5.41, 5.74) is 8.23. The molecule has 0 aliphatic heterocycles. The number of carboxylic acid groups (broad SMARTS) is 3. The van der Waals surface area contributed by atoms with Crippen molar-refractivity contribution in [3.8, 4) is 5.75 Å². The van der Waals surface area contributed by atoms with E-state index >= 15 is 0 Å². The van der Waals surface area contributed by atoms with E-state index in [-0.39, 0.29) is 36.3 Å². The molecular formula is C37H50N6O11S. The van der Waals surface area contributed by atoms with Crippen molar-refractivity contribution < 1.29 is 54.3 Å². The third-order valence-electron chi connectivity index (χ3n) is 7.62. The van der Waals surface area contributed by atoms with E-state index in [0.717, 1.165) is 43.2 Å².